The van der Waals surface area contributed by atoms with Gasteiger partial charge in [0, 0.05) is 18.8 Å². The summed E-state index contributed by atoms with van der Waals surface area (Å²) >= 11 is 0. The molecule has 2 aromatic rings. The molecule has 0 bridgehead atoms. The summed E-state index contributed by atoms with van der Waals surface area (Å²) in [4.78, 5) is 14.6. The van der Waals surface area contributed by atoms with Gasteiger partial charge >= 0.3 is 0 Å². The van der Waals surface area contributed by atoms with E-state index in [2.05, 4.69) is 32.8 Å². The minimum atomic E-state index is 1.02. The summed E-state index contributed by atoms with van der Waals surface area (Å²) in [5.74, 6) is 1.07. The molecule has 0 atom stereocenters. The van der Waals surface area contributed by atoms with E-state index >= 15 is 0 Å². The molecule has 4 nitrogen and oxygen atoms in total. The maximum atomic E-state index is 4.47. The molecule has 90 valence electrons. The normalized spacial score (nSPS) is 17.4. The molecule has 3 rings (SSSR count). The number of nitrogens with one attached hydrogen (secondary N) is 1. The number of anilines is 1. The maximum Gasteiger partial charge on any atom is 0.156 e. The average molecular weight is 230 g/mol. The molecule has 1 aliphatic heterocycles. The van der Waals surface area contributed by atoms with Gasteiger partial charge in [-0.15, -0.1) is 0 Å². The highest BCUT2D eigenvalue weighted by Crippen LogP contribution is 2.24. The minimum absolute atomic E-state index is 1.02. The highest BCUT2D eigenvalue weighted by molar-refractivity contribution is 5.86. The topological polar surface area (TPSA) is 44.8 Å². The van der Waals surface area contributed by atoms with Crippen molar-refractivity contribution in [1.82, 2.24) is 15.0 Å². The second-order valence-corrected chi connectivity index (χ2v) is 4.81. The Balaban J connectivity index is 2.03. The number of aromatic nitrogens is 3. The Kier molecular flexibility index (Phi) is 2.71. The summed E-state index contributed by atoms with van der Waals surface area (Å²) in [5, 5.41) is 0. The largest absolute Gasteiger partial charge is 0.355 e. The Morgan fingerprint density at radius 1 is 1.12 bits per heavy atom. The van der Waals surface area contributed by atoms with Crippen molar-refractivity contribution >= 4 is 16.9 Å². The van der Waals surface area contributed by atoms with E-state index in [-0.39, 0.29) is 0 Å². The van der Waals surface area contributed by atoms with Crippen molar-refractivity contribution in [3.05, 3.63) is 18.1 Å². The van der Waals surface area contributed by atoms with Crippen LogP contribution in [0.2, 0.25) is 0 Å². The van der Waals surface area contributed by atoms with Crippen molar-refractivity contribution in [2.75, 3.05) is 18.0 Å². The van der Waals surface area contributed by atoms with Crippen LogP contribution in [0.3, 0.4) is 0 Å². The van der Waals surface area contributed by atoms with Crippen LogP contribution >= 0.6 is 0 Å². The predicted octanol–water partition coefficient (Wildman–Crippen LogP) is 2.65. The molecule has 3 heterocycles. The van der Waals surface area contributed by atoms with Crippen molar-refractivity contribution in [3.63, 3.8) is 0 Å². The van der Waals surface area contributed by atoms with Crippen molar-refractivity contribution in [1.29, 1.82) is 0 Å². The van der Waals surface area contributed by atoms with E-state index in [0.29, 0.717) is 0 Å². The molecule has 2 aromatic heterocycles. The van der Waals surface area contributed by atoms with Crippen LogP contribution in [-0.4, -0.2) is 28.0 Å². The fourth-order valence-corrected chi connectivity index (χ4v) is 2.58. The molecule has 1 fully saturated rings. The number of rotatable bonds is 1. The SMILES string of the molecule is Cc1cc2ncnc(N3CCCCCC3)c2[nH]1. The van der Waals surface area contributed by atoms with Crippen LogP contribution in [0, 0.1) is 6.92 Å². The zero-order chi connectivity index (χ0) is 11.7. The Labute approximate surface area is 101 Å². The average Bonchev–Trinajstić information content (AvgIpc) is 2.55. The summed E-state index contributed by atoms with van der Waals surface area (Å²) in [7, 11) is 0. The molecule has 0 unspecified atom stereocenters. The van der Waals surface area contributed by atoms with Crippen molar-refractivity contribution in [2.24, 2.45) is 0 Å². The van der Waals surface area contributed by atoms with E-state index in [4.69, 9.17) is 0 Å². The van der Waals surface area contributed by atoms with Gasteiger partial charge in [-0.2, -0.15) is 0 Å². The first-order chi connectivity index (χ1) is 8.34. The molecule has 4 heteroatoms. The molecule has 1 saturated heterocycles. The fourth-order valence-electron chi connectivity index (χ4n) is 2.58. The maximum absolute atomic E-state index is 4.47. The van der Waals surface area contributed by atoms with E-state index in [1.54, 1.807) is 6.33 Å². The summed E-state index contributed by atoms with van der Waals surface area (Å²) < 4.78 is 0. The number of aryl methyl sites for hydroxylation is 1. The molecule has 1 N–H and O–H groups in total. The first-order valence-corrected chi connectivity index (χ1v) is 6.40. The minimum Gasteiger partial charge on any atom is -0.355 e. The van der Waals surface area contributed by atoms with E-state index in [0.717, 1.165) is 35.6 Å². The molecular weight excluding hydrogens is 212 g/mol. The van der Waals surface area contributed by atoms with Crippen LogP contribution in [0.25, 0.3) is 11.0 Å². The molecule has 0 saturated carbocycles. The molecule has 0 aromatic carbocycles. The van der Waals surface area contributed by atoms with Crippen molar-refractivity contribution in [2.45, 2.75) is 32.6 Å². The quantitative estimate of drug-likeness (QED) is 0.819. The Bertz CT molecular complexity index is 509. The molecule has 17 heavy (non-hydrogen) atoms. The van der Waals surface area contributed by atoms with E-state index in [1.165, 1.54) is 25.7 Å². The summed E-state index contributed by atoms with van der Waals surface area (Å²) in [6.45, 7) is 4.29. The van der Waals surface area contributed by atoms with Gasteiger partial charge in [0.2, 0.25) is 0 Å². The molecule has 0 aliphatic carbocycles. The van der Waals surface area contributed by atoms with Gasteiger partial charge < -0.3 is 9.88 Å². The van der Waals surface area contributed by atoms with Crippen LogP contribution < -0.4 is 4.90 Å². The molecule has 0 spiro atoms. The van der Waals surface area contributed by atoms with Gasteiger partial charge in [-0.1, -0.05) is 12.8 Å². The van der Waals surface area contributed by atoms with E-state index < -0.39 is 0 Å². The lowest BCUT2D eigenvalue weighted by Crippen LogP contribution is -2.25. The van der Waals surface area contributed by atoms with Gasteiger partial charge in [0.15, 0.2) is 5.82 Å². The summed E-state index contributed by atoms with van der Waals surface area (Å²) in [6.07, 6.45) is 6.90. The van der Waals surface area contributed by atoms with Gasteiger partial charge in [-0.25, -0.2) is 9.97 Å². The third kappa shape index (κ3) is 1.99. The van der Waals surface area contributed by atoms with Crippen LogP contribution in [0.15, 0.2) is 12.4 Å². The van der Waals surface area contributed by atoms with Crippen molar-refractivity contribution in [3.8, 4) is 0 Å². The number of fused-ring (bicyclic) bond motifs is 1. The lowest BCUT2D eigenvalue weighted by atomic mass is 10.2. The highest BCUT2D eigenvalue weighted by atomic mass is 15.2. The number of aromatic amines is 1. The predicted molar refractivity (Wildman–Crippen MR) is 69.3 cm³/mol. The number of nitrogens with zero attached hydrogens (tertiary/aromatic N) is 3. The van der Waals surface area contributed by atoms with Gasteiger partial charge in [0.1, 0.15) is 11.8 Å². The van der Waals surface area contributed by atoms with Crippen molar-refractivity contribution < 1.29 is 0 Å². The number of H-pyrrole nitrogens is 1. The zero-order valence-electron chi connectivity index (χ0n) is 10.2. The first-order valence-electron chi connectivity index (χ1n) is 6.40. The zero-order valence-corrected chi connectivity index (χ0v) is 10.2. The third-order valence-corrected chi connectivity index (χ3v) is 3.44. The highest BCUT2D eigenvalue weighted by Gasteiger charge is 2.15. The fraction of sp³-hybridized carbons (Fsp3) is 0.538. The van der Waals surface area contributed by atoms with Gasteiger partial charge in [-0.05, 0) is 25.8 Å². The molecule has 0 amide bonds. The second-order valence-electron chi connectivity index (χ2n) is 4.81. The molecule has 1 aliphatic rings. The summed E-state index contributed by atoms with van der Waals surface area (Å²) in [6, 6.07) is 2.08. The lowest BCUT2D eigenvalue weighted by Gasteiger charge is -2.21. The molecule has 0 radical (unpaired) electrons. The van der Waals surface area contributed by atoms with E-state index in [9.17, 15) is 0 Å². The second kappa shape index (κ2) is 4.35. The van der Waals surface area contributed by atoms with Crippen LogP contribution in [0.5, 0.6) is 0 Å². The van der Waals surface area contributed by atoms with Gasteiger partial charge in [0.25, 0.3) is 0 Å². The third-order valence-electron chi connectivity index (χ3n) is 3.44. The van der Waals surface area contributed by atoms with E-state index in [1.807, 2.05) is 0 Å². The standard InChI is InChI=1S/C13H18N4/c1-10-8-11-12(16-10)13(15-9-14-11)17-6-4-2-3-5-7-17/h8-9,16H,2-7H2,1H3. The number of hydrogen-bond donors (Lipinski definition) is 1. The molecular formula is C13H18N4. The Morgan fingerprint density at radius 2 is 1.88 bits per heavy atom. The van der Waals surface area contributed by atoms with Gasteiger partial charge in [0.05, 0.1) is 5.52 Å². The Hall–Kier alpha value is -1.58. The van der Waals surface area contributed by atoms with Crippen LogP contribution in [0.1, 0.15) is 31.4 Å². The van der Waals surface area contributed by atoms with Gasteiger partial charge in [-0.3, -0.25) is 0 Å². The lowest BCUT2D eigenvalue weighted by molar-refractivity contribution is 0.726. The smallest absolute Gasteiger partial charge is 0.156 e. The van der Waals surface area contributed by atoms with Crippen LogP contribution in [-0.2, 0) is 0 Å². The first kappa shape index (κ1) is 10.6. The monoisotopic (exact) mass is 230 g/mol. The Morgan fingerprint density at radius 3 is 2.65 bits per heavy atom. The van der Waals surface area contributed by atoms with Crippen LogP contribution in [0.4, 0.5) is 5.82 Å². The number of hydrogen-bond acceptors (Lipinski definition) is 3. The summed E-state index contributed by atoms with van der Waals surface area (Å²) in [5.41, 5.74) is 3.26.